The van der Waals surface area contributed by atoms with Crippen LogP contribution in [0.2, 0.25) is 0 Å². The molecule has 58 valence electrons. The minimum absolute atomic E-state index is 0.310. The third-order valence-corrected chi connectivity index (χ3v) is 2.78. The number of hydrogen-bond acceptors (Lipinski definition) is 2. The number of ether oxygens (including phenoxy) is 1. The van der Waals surface area contributed by atoms with E-state index in [0.29, 0.717) is 5.44 Å². The van der Waals surface area contributed by atoms with Crippen LogP contribution in [0.15, 0.2) is 24.3 Å². The first-order valence-electron chi connectivity index (χ1n) is 3.72. The molecule has 1 aromatic rings. The summed E-state index contributed by atoms with van der Waals surface area (Å²) in [4.78, 5) is 0. The van der Waals surface area contributed by atoms with Crippen LogP contribution in [0.25, 0.3) is 0 Å². The molecule has 0 bridgehead atoms. The summed E-state index contributed by atoms with van der Waals surface area (Å²) in [5, 5.41) is 0. The van der Waals surface area contributed by atoms with Gasteiger partial charge in [0.05, 0.1) is 0 Å². The van der Waals surface area contributed by atoms with E-state index >= 15 is 0 Å². The lowest BCUT2D eigenvalue weighted by molar-refractivity contribution is 0.300. The Morgan fingerprint density at radius 2 is 2.27 bits per heavy atom. The van der Waals surface area contributed by atoms with Gasteiger partial charge in [-0.1, -0.05) is 18.2 Å². The first kappa shape index (κ1) is 7.04. The monoisotopic (exact) mass is 166 g/mol. The van der Waals surface area contributed by atoms with Gasteiger partial charge in [0.25, 0.3) is 0 Å². The SMILES string of the molecule is CC1Oc2ccccc2CS1. The Kier molecular flexibility index (Phi) is 1.78. The van der Waals surface area contributed by atoms with Crippen molar-refractivity contribution in [2.75, 3.05) is 0 Å². The number of fused-ring (bicyclic) bond motifs is 1. The summed E-state index contributed by atoms with van der Waals surface area (Å²) in [6.45, 7) is 2.08. The van der Waals surface area contributed by atoms with Crippen LogP contribution in [0.1, 0.15) is 12.5 Å². The smallest absolute Gasteiger partial charge is 0.142 e. The van der Waals surface area contributed by atoms with E-state index in [0.717, 1.165) is 11.5 Å². The molecule has 1 nitrogen and oxygen atoms in total. The van der Waals surface area contributed by atoms with Crippen LogP contribution >= 0.6 is 11.8 Å². The second-order valence-electron chi connectivity index (χ2n) is 2.60. The lowest BCUT2D eigenvalue weighted by Gasteiger charge is -2.22. The zero-order valence-corrected chi connectivity index (χ0v) is 7.23. The van der Waals surface area contributed by atoms with Crippen LogP contribution in [-0.4, -0.2) is 5.44 Å². The van der Waals surface area contributed by atoms with Gasteiger partial charge in [0, 0.05) is 11.3 Å². The highest BCUT2D eigenvalue weighted by Gasteiger charge is 2.14. The van der Waals surface area contributed by atoms with Crippen molar-refractivity contribution in [3.63, 3.8) is 0 Å². The minimum Gasteiger partial charge on any atom is -0.480 e. The van der Waals surface area contributed by atoms with E-state index in [2.05, 4.69) is 19.1 Å². The molecule has 2 rings (SSSR count). The predicted molar refractivity (Wildman–Crippen MR) is 47.8 cm³/mol. The van der Waals surface area contributed by atoms with Crippen LogP contribution in [0.5, 0.6) is 5.75 Å². The van der Waals surface area contributed by atoms with Crippen molar-refractivity contribution in [2.24, 2.45) is 0 Å². The van der Waals surface area contributed by atoms with Gasteiger partial charge >= 0.3 is 0 Å². The van der Waals surface area contributed by atoms with Crippen molar-refractivity contribution in [1.82, 2.24) is 0 Å². The summed E-state index contributed by atoms with van der Waals surface area (Å²) >= 11 is 1.84. The van der Waals surface area contributed by atoms with Gasteiger partial charge in [-0.25, -0.2) is 0 Å². The molecular formula is C9H10OS. The maximum absolute atomic E-state index is 5.59. The Bertz CT molecular complexity index is 259. The van der Waals surface area contributed by atoms with E-state index in [4.69, 9.17) is 4.74 Å². The summed E-state index contributed by atoms with van der Waals surface area (Å²) in [6, 6.07) is 8.22. The second-order valence-corrected chi connectivity index (χ2v) is 3.89. The lowest BCUT2D eigenvalue weighted by Crippen LogP contribution is -2.12. The lowest BCUT2D eigenvalue weighted by atomic mass is 10.2. The molecule has 0 amide bonds. The molecule has 0 aromatic heterocycles. The molecule has 1 aromatic carbocycles. The van der Waals surface area contributed by atoms with E-state index in [-0.39, 0.29) is 0 Å². The molecule has 2 heteroatoms. The Labute approximate surface area is 70.8 Å². The van der Waals surface area contributed by atoms with Gasteiger partial charge in [-0.05, 0) is 13.0 Å². The van der Waals surface area contributed by atoms with E-state index in [1.165, 1.54) is 5.56 Å². The fraction of sp³-hybridized carbons (Fsp3) is 0.333. The highest BCUT2D eigenvalue weighted by Crippen LogP contribution is 2.32. The molecule has 0 radical (unpaired) electrons. The Morgan fingerprint density at radius 3 is 3.18 bits per heavy atom. The van der Waals surface area contributed by atoms with Crippen molar-refractivity contribution < 1.29 is 4.74 Å². The van der Waals surface area contributed by atoms with Gasteiger partial charge < -0.3 is 4.74 Å². The quantitative estimate of drug-likeness (QED) is 0.586. The van der Waals surface area contributed by atoms with Crippen LogP contribution < -0.4 is 4.74 Å². The fourth-order valence-corrected chi connectivity index (χ4v) is 1.98. The molecule has 0 N–H and O–H groups in total. The van der Waals surface area contributed by atoms with E-state index in [1.54, 1.807) is 0 Å². The first-order valence-corrected chi connectivity index (χ1v) is 4.77. The maximum Gasteiger partial charge on any atom is 0.142 e. The van der Waals surface area contributed by atoms with Gasteiger partial charge in [0.15, 0.2) is 0 Å². The third-order valence-electron chi connectivity index (χ3n) is 1.74. The Morgan fingerprint density at radius 1 is 1.45 bits per heavy atom. The van der Waals surface area contributed by atoms with Gasteiger partial charge in [0.1, 0.15) is 11.2 Å². The molecule has 0 saturated carbocycles. The standard InChI is InChI=1S/C9H10OS/c1-7-10-9-5-3-2-4-8(9)6-11-7/h2-5,7H,6H2,1H3. The molecule has 0 spiro atoms. The molecular weight excluding hydrogens is 156 g/mol. The molecule has 0 fully saturated rings. The molecule has 1 aliphatic heterocycles. The van der Waals surface area contributed by atoms with E-state index in [9.17, 15) is 0 Å². The largest absolute Gasteiger partial charge is 0.480 e. The molecule has 0 saturated heterocycles. The molecule has 1 atom stereocenters. The topological polar surface area (TPSA) is 9.23 Å². The van der Waals surface area contributed by atoms with Gasteiger partial charge in [-0.2, -0.15) is 0 Å². The number of thioether (sulfide) groups is 1. The highest BCUT2D eigenvalue weighted by molar-refractivity contribution is 7.99. The van der Waals surface area contributed by atoms with Crippen molar-refractivity contribution in [3.05, 3.63) is 29.8 Å². The number of benzene rings is 1. The van der Waals surface area contributed by atoms with Crippen molar-refractivity contribution >= 4 is 11.8 Å². The van der Waals surface area contributed by atoms with Crippen LogP contribution in [0, 0.1) is 0 Å². The zero-order chi connectivity index (χ0) is 7.68. The van der Waals surface area contributed by atoms with Gasteiger partial charge in [-0.15, -0.1) is 11.8 Å². The average molecular weight is 166 g/mol. The zero-order valence-electron chi connectivity index (χ0n) is 6.41. The summed E-state index contributed by atoms with van der Waals surface area (Å²) in [6.07, 6.45) is 0. The second kappa shape index (κ2) is 2.78. The Hall–Kier alpha value is -0.630. The number of rotatable bonds is 0. The summed E-state index contributed by atoms with van der Waals surface area (Å²) in [5.41, 5.74) is 1.63. The summed E-state index contributed by atoms with van der Waals surface area (Å²) < 4.78 is 5.59. The van der Waals surface area contributed by atoms with Gasteiger partial charge in [0.2, 0.25) is 0 Å². The van der Waals surface area contributed by atoms with Crippen LogP contribution in [-0.2, 0) is 5.75 Å². The maximum atomic E-state index is 5.59. The first-order chi connectivity index (χ1) is 5.36. The van der Waals surface area contributed by atoms with Crippen LogP contribution in [0.4, 0.5) is 0 Å². The molecule has 1 unspecified atom stereocenters. The number of para-hydroxylation sites is 1. The average Bonchev–Trinajstić information content (AvgIpc) is 2.04. The number of hydrogen-bond donors (Lipinski definition) is 0. The fourth-order valence-electron chi connectivity index (χ4n) is 1.16. The van der Waals surface area contributed by atoms with Crippen LogP contribution in [0.3, 0.4) is 0 Å². The van der Waals surface area contributed by atoms with E-state index < -0.39 is 0 Å². The van der Waals surface area contributed by atoms with E-state index in [1.807, 2.05) is 23.9 Å². The molecule has 1 heterocycles. The van der Waals surface area contributed by atoms with Crippen molar-refractivity contribution in [1.29, 1.82) is 0 Å². The highest BCUT2D eigenvalue weighted by atomic mass is 32.2. The molecule has 1 aliphatic rings. The third kappa shape index (κ3) is 1.36. The Balaban J connectivity index is 2.34. The normalized spacial score (nSPS) is 22.1. The molecule has 11 heavy (non-hydrogen) atoms. The van der Waals surface area contributed by atoms with Crippen molar-refractivity contribution in [2.45, 2.75) is 18.1 Å². The minimum atomic E-state index is 0.310. The predicted octanol–water partition coefficient (Wildman–Crippen LogP) is 2.66. The summed E-state index contributed by atoms with van der Waals surface area (Å²) in [7, 11) is 0. The van der Waals surface area contributed by atoms with Gasteiger partial charge in [-0.3, -0.25) is 0 Å². The van der Waals surface area contributed by atoms with Crippen molar-refractivity contribution in [3.8, 4) is 5.75 Å². The summed E-state index contributed by atoms with van der Waals surface area (Å²) in [5.74, 6) is 2.14. The molecule has 0 aliphatic carbocycles.